The van der Waals surface area contributed by atoms with Crippen molar-refractivity contribution in [2.75, 3.05) is 49.6 Å². The van der Waals surface area contributed by atoms with Crippen molar-refractivity contribution in [1.82, 2.24) is 14.8 Å². The molecule has 8 nitrogen and oxygen atoms in total. The molecule has 5 heterocycles. The average Bonchev–Trinajstić information content (AvgIpc) is 3.55. The van der Waals surface area contributed by atoms with Crippen molar-refractivity contribution >= 4 is 28.1 Å². The third-order valence-electron chi connectivity index (χ3n) is 10.1. The molecule has 3 atom stereocenters. The summed E-state index contributed by atoms with van der Waals surface area (Å²) in [5.74, 6) is 0.441. The lowest BCUT2D eigenvalue weighted by molar-refractivity contribution is -0.126. The van der Waals surface area contributed by atoms with Crippen molar-refractivity contribution in [2.24, 2.45) is 0 Å². The summed E-state index contributed by atoms with van der Waals surface area (Å²) in [7, 11) is 2.14. The van der Waals surface area contributed by atoms with Crippen molar-refractivity contribution in [1.29, 1.82) is 5.26 Å². The molecule has 0 spiro atoms. The number of rotatable bonds is 6. The number of aryl methyl sites for hydroxylation is 1. The summed E-state index contributed by atoms with van der Waals surface area (Å²) in [4.78, 5) is 26.8. The van der Waals surface area contributed by atoms with Gasteiger partial charge in [-0.25, -0.2) is 4.98 Å². The van der Waals surface area contributed by atoms with Gasteiger partial charge < -0.3 is 24.3 Å². The number of likely N-dealkylation sites (tertiary alicyclic amines) is 2. The van der Waals surface area contributed by atoms with Crippen LogP contribution in [0.15, 0.2) is 49.1 Å². The number of benzene rings is 2. The molecule has 1 aromatic heterocycles. The Morgan fingerprint density at radius 1 is 1.14 bits per heavy atom. The number of pyridine rings is 1. The molecule has 0 aliphatic carbocycles. The van der Waals surface area contributed by atoms with Gasteiger partial charge in [-0.3, -0.25) is 4.79 Å². The highest BCUT2D eigenvalue weighted by Gasteiger charge is 2.44. The zero-order valence-corrected chi connectivity index (χ0v) is 25.3. The number of fused-ring (bicyclic) bond motifs is 4. The summed E-state index contributed by atoms with van der Waals surface area (Å²) >= 11 is 0. The third-order valence-corrected chi connectivity index (χ3v) is 10.1. The number of nitriles is 1. The summed E-state index contributed by atoms with van der Waals surface area (Å²) in [6.07, 6.45) is 6.46. The lowest BCUT2D eigenvalue weighted by atomic mass is 9.95. The molecular formula is C35H40N6O2. The number of nitrogens with zero attached hydrogens (tertiary/aromatic N) is 6. The molecule has 0 radical (unpaired) electrons. The average molecular weight is 577 g/mol. The predicted octanol–water partition coefficient (Wildman–Crippen LogP) is 4.82. The van der Waals surface area contributed by atoms with Gasteiger partial charge in [0.25, 0.3) is 0 Å². The first-order chi connectivity index (χ1) is 21.0. The van der Waals surface area contributed by atoms with Crippen molar-refractivity contribution in [2.45, 2.75) is 63.7 Å². The van der Waals surface area contributed by atoms with Gasteiger partial charge in [-0.15, -0.1) is 0 Å². The van der Waals surface area contributed by atoms with Gasteiger partial charge >= 0.3 is 0 Å². The second-order valence-electron chi connectivity index (χ2n) is 12.6. The van der Waals surface area contributed by atoms with Crippen LogP contribution in [0.2, 0.25) is 0 Å². The molecule has 4 aliphatic rings. The van der Waals surface area contributed by atoms with Crippen LogP contribution in [0.3, 0.4) is 0 Å². The Bertz CT molecular complexity index is 1610. The van der Waals surface area contributed by atoms with Crippen LogP contribution < -0.4 is 14.5 Å². The summed E-state index contributed by atoms with van der Waals surface area (Å²) in [5, 5.41) is 13.2. The largest absolute Gasteiger partial charge is 0.475 e. The van der Waals surface area contributed by atoms with Crippen LogP contribution in [-0.4, -0.2) is 78.7 Å². The number of anilines is 2. The molecule has 1 unspecified atom stereocenters. The number of amides is 1. The molecule has 0 N–H and O–H groups in total. The van der Waals surface area contributed by atoms with E-state index >= 15 is 0 Å². The van der Waals surface area contributed by atoms with Gasteiger partial charge in [0.15, 0.2) is 0 Å². The summed E-state index contributed by atoms with van der Waals surface area (Å²) < 4.78 is 6.48. The zero-order chi connectivity index (χ0) is 29.7. The van der Waals surface area contributed by atoms with Crippen LogP contribution in [0.4, 0.5) is 11.4 Å². The van der Waals surface area contributed by atoms with Crippen LogP contribution in [0.25, 0.3) is 10.8 Å². The minimum absolute atomic E-state index is 0.0143. The highest BCUT2D eigenvalue weighted by atomic mass is 16.5. The lowest BCUT2D eigenvalue weighted by Gasteiger charge is -2.44. The van der Waals surface area contributed by atoms with Gasteiger partial charge in [-0.2, -0.15) is 5.26 Å². The molecule has 7 rings (SSSR count). The van der Waals surface area contributed by atoms with Gasteiger partial charge in [0.1, 0.15) is 18.2 Å². The molecule has 0 saturated carbocycles. The standard InChI is InChI=1S/C35H40N6O2/c1-4-32(42)40-19-25-13-14-26(20-40)41(25)34-28-15-17-39(31-12-6-10-24-9-5-8-23(2)33(24)31)21-30(28)37-35(29(34)18-36)43-22-27-11-7-16-38(27)3/h4-6,8-10,12,25-27H,1,7,11,13-17,19-22H2,2-3H3/t25-,26+,27?. The SMILES string of the molecule is C=CC(=O)N1C[C@H]2CC[C@@H](C1)N2c1c(C#N)c(OCC2CCCN2C)nc2c1CCN(c1cccc3cccc(C)c13)C2. The Morgan fingerprint density at radius 2 is 1.91 bits per heavy atom. The van der Waals surface area contributed by atoms with Crippen LogP contribution in [0.1, 0.15) is 48.1 Å². The molecular weight excluding hydrogens is 536 g/mol. The Kier molecular flexibility index (Phi) is 7.22. The van der Waals surface area contributed by atoms with E-state index in [1.54, 1.807) is 0 Å². The Hall–Kier alpha value is -4.09. The highest BCUT2D eigenvalue weighted by molar-refractivity contribution is 5.97. The van der Waals surface area contributed by atoms with Crippen LogP contribution in [-0.2, 0) is 17.8 Å². The van der Waals surface area contributed by atoms with Crippen molar-refractivity contribution in [3.05, 3.63) is 71.4 Å². The summed E-state index contributed by atoms with van der Waals surface area (Å²) in [6.45, 7) is 10.3. The van der Waals surface area contributed by atoms with Gasteiger partial charge in [0.05, 0.1) is 17.9 Å². The van der Waals surface area contributed by atoms with Gasteiger partial charge in [-0.05, 0) is 75.7 Å². The molecule has 3 aromatic rings. The Balaban J connectivity index is 1.30. The minimum atomic E-state index is -0.0143. The molecule has 1 amide bonds. The molecule has 4 aliphatic heterocycles. The Labute approximate surface area is 254 Å². The fourth-order valence-electron chi connectivity index (χ4n) is 7.94. The van der Waals surface area contributed by atoms with E-state index in [2.05, 4.69) is 77.7 Å². The molecule has 43 heavy (non-hydrogen) atoms. The first-order valence-electron chi connectivity index (χ1n) is 15.7. The van der Waals surface area contributed by atoms with E-state index in [-0.39, 0.29) is 18.0 Å². The number of piperazine rings is 1. The molecule has 3 fully saturated rings. The monoisotopic (exact) mass is 576 g/mol. The van der Waals surface area contributed by atoms with Crippen molar-refractivity contribution in [3.8, 4) is 11.9 Å². The normalized spacial score (nSPS) is 23.4. The van der Waals surface area contributed by atoms with Gasteiger partial charge in [0, 0.05) is 54.4 Å². The first kappa shape index (κ1) is 27.7. The molecule has 3 saturated heterocycles. The molecule has 8 heteroatoms. The fraction of sp³-hybridized carbons (Fsp3) is 0.457. The smallest absolute Gasteiger partial charge is 0.246 e. The maximum atomic E-state index is 12.6. The minimum Gasteiger partial charge on any atom is -0.475 e. The highest BCUT2D eigenvalue weighted by Crippen LogP contribution is 2.44. The molecule has 222 valence electrons. The lowest BCUT2D eigenvalue weighted by Crippen LogP contribution is -2.56. The van der Waals surface area contributed by atoms with Crippen LogP contribution in [0.5, 0.6) is 5.88 Å². The number of carbonyl (C=O) groups excluding carboxylic acids is 1. The van der Waals surface area contributed by atoms with E-state index in [0.29, 0.717) is 43.7 Å². The van der Waals surface area contributed by atoms with E-state index in [0.717, 1.165) is 62.1 Å². The van der Waals surface area contributed by atoms with Crippen molar-refractivity contribution in [3.63, 3.8) is 0 Å². The van der Waals surface area contributed by atoms with E-state index in [9.17, 15) is 10.1 Å². The number of hydrogen-bond donors (Lipinski definition) is 0. The van der Waals surface area contributed by atoms with Crippen molar-refractivity contribution < 1.29 is 9.53 Å². The quantitative estimate of drug-likeness (QED) is 0.390. The number of ether oxygens (including phenoxy) is 1. The van der Waals surface area contributed by atoms with E-state index < -0.39 is 0 Å². The summed E-state index contributed by atoms with van der Waals surface area (Å²) in [5.41, 5.74) is 6.19. The van der Waals surface area contributed by atoms with Crippen LogP contribution in [0, 0.1) is 18.3 Å². The number of hydrogen-bond acceptors (Lipinski definition) is 7. The second kappa shape index (κ2) is 11.2. The Morgan fingerprint density at radius 3 is 2.60 bits per heavy atom. The van der Waals surface area contributed by atoms with E-state index in [1.165, 1.54) is 28.1 Å². The first-order valence-corrected chi connectivity index (χ1v) is 15.7. The maximum Gasteiger partial charge on any atom is 0.246 e. The number of likely N-dealkylation sites (N-methyl/N-ethyl adjacent to an activating group) is 1. The fourth-order valence-corrected chi connectivity index (χ4v) is 7.94. The predicted molar refractivity (Wildman–Crippen MR) is 170 cm³/mol. The maximum absolute atomic E-state index is 12.6. The van der Waals surface area contributed by atoms with E-state index in [4.69, 9.17) is 9.72 Å². The topological polar surface area (TPSA) is 75.9 Å². The molecule has 2 bridgehead atoms. The number of aromatic nitrogens is 1. The third kappa shape index (κ3) is 4.80. The molecule has 2 aromatic carbocycles. The summed E-state index contributed by atoms with van der Waals surface area (Å²) in [6, 6.07) is 16.2. The second-order valence-corrected chi connectivity index (χ2v) is 12.6. The van der Waals surface area contributed by atoms with Gasteiger partial charge in [0.2, 0.25) is 11.8 Å². The van der Waals surface area contributed by atoms with E-state index in [1.807, 2.05) is 4.90 Å². The number of carbonyl (C=O) groups is 1. The zero-order valence-electron chi connectivity index (χ0n) is 25.3. The van der Waals surface area contributed by atoms with Gasteiger partial charge in [-0.1, -0.05) is 36.9 Å². The van der Waals surface area contributed by atoms with Crippen LogP contribution >= 0.6 is 0 Å².